The Balaban J connectivity index is 1.95. The molecule has 1 heterocycles. The van der Waals surface area contributed by atoms with E-state index in [4.69, 9.17) is 4.98 Å². The molecule has 2 aromatic carbocycles. The Morgan fingerprint density at radius 1 is 0.833 bits per heavy atom. The fourth-order valence-corrected chi connectivity index (χ4v) is 2.68. The van der Waals surface area contributed by atoms with Crippen LogP contribution in [0.4, 0.5) is 23.1 Å². The third-order valence-electron chi connectivity index (χ3n) is 4.05. The largest absolute Gasteiger partial charge is 0.329 e. The van der Waals surface area contributed by atoms with Crippen LogP contribution in [0.1, 0.15) is 16.8 Å². The lowest BCUT2D eigenvalue weighted by molar-refractivity contribution is 1.05. The second-order valence-electron chi connectivity index (χ2n) is 5.98. The second-order valence-corrected chi connectivity index (χ2v) is 5.98. The smallest absolute Gasteiger partial charge is 0.229 e. The minimum atomic E-state index is 0.611. The first-order valence-electron chi connectivity index (χ1n) is 8.02. The first-order chi connectivity index (χ1) is 11.5. The molecule has 1 aromatic heterocycles. The van der Waals surface area contributed by atoms with Gasteiger partial charge in [-0.3, -0.25) is 0 Å². The molecule has 0 saturated carbocycles. The Kier molecular flexibility index (Phi) is 4.47. The highest BCUT2D eigenvalue weighted by molar-refractivity contribution is 5.65. The average molecular weight is 318 g/mol. The summed E-state index contributed by atoms with van der Waals surface area (Å²) in [5.41, 5.74) is 5.46. The van der Waals surface area contributed by atoms with E-state index in [0.29, 0.717) is 5.95 Å². The lowest BCUT2D eigenvalue weighted by Gasteiger charge is -2.21. The van der Waals surface area contributed by atoms with Gasteiger partial charge >= 0.3 is 0 Å². The van der Waals surface area contributed by atoms with Crippen LogP contribution in [0.15, 0.2) is 54.6 Å². The van der Waals surface area contributed by atoms with Gasteiger partial charge in [-0.2, -0.15) is 4.98 Å². The van der Waals surface area contributed by atoms with Gasteiger partial charge in [0.2, 0.25) is 5.95 Å². The van der Waals surface area contributed by atoms with Crippen molar-refractivity contribution in [2.75, 3.05) is 17.3 Å². The van der Waals surface area contributed by atoms with Crippen molar-refractivity contribution in [2.24, 2.45) is 0 Å². The number of hydrogen-bond donors (Lipinski definition) is 1. The van der Waals surface area contributed by atoms with E-state index in [-0.39, 0.29) is 0 Å². The molecule has 4 nitrogen and oxygen atoms in total. The van der Waals surface area contributed by atoms with Crippen molar-refractivity contribution in [1.82, 2.24) is 9.97 Å². The van der Waals surface area contributed by atoms with Gasteiger partial charge in [0.15, 0.2) is 0 Å². The van der Waals surface area contributed by atoms with Gasteiger partial charge in [-0.05, 0) is 44.0 Å². The lowest BCUT2D eigenvalue weighted by Crippen LogP contribution is -2.14. The van der Waals surface area contributed by atoms with Crippen LogP contribution >= 0.6 is 0 Å². The maximum atomic E-state index is 4.69. The van der Waals surface area contributed by atoms with Crippen molar-refractivity contribution in [2.45, 2.75) is 20.8 Å². The van der Waals surface area contributed by atoms with Gasteiger partial charge < -0.3 is 10.2 Å². The monoisotopic (exact) mass is 318 g/mol. The highest BCUT2D eigenvalue weighted by Crippen LogP contribution is 2.27. The molecule has 3 aromatic rings. The summed E-state index contributed by atoms with van der Waals surface area (Å²) in [5.74, 6) is 1.48. The fraction of sp³-hybridized carbons (Fsp3) is 0.200. The Hall–Kier alpha value is -2.88. The van der Waals surface area contributed by atoms with Gasteiger partial charge in [-0.1, -0.05) is 36.4 Å². The zero-order valence-corrected chi connectivity index (χ0v) is 14.5. The molecule has 0 atom stereocenters. The topological polar surface area (TPSA) is 41.1 Å². The SMILES string of the molecule is Cc1cc(N(C)c2ccccc2C)nc(Nc2ccccc2C)n1. The molecule has 24 heavy (non-hydrogen) atoms. The molecule has 0 radical (unpaired) electrons. The molecule has 0 aliphatic heterocycles. The number of hydrogen-bond acceptors (Lipinski definition) is 4. The van der Waals surface area contributed by atoms with Crippen molar-refractivity contribution < 1.29 is 0 Å². The van der Waals surface area contributed by atoms with Crippen LogP contribution in [-0.2, 0) is 0 Å². The Labute approximate surface area is 143 Å². The first-order valence-corrected chi connectivity index (χ1v) is 8.02. The number of aromatic nitrogens is 2. The quantitative estimate of drug-likeness (QED) is 0.742. The zero-order chi connectivity index (χ0) is 17.1. The molecule has 0 unspecified atom stereocenters. The molecule has 1 N–H and O–H groups in total. The predicted molar refractivity (Wildman–Crippen MR) is 100 cm³/mol. The number of aryl methyl sites for hydroxylation is 3. The number of nitrogens with one attached hydrogen (secondary N) is 1. The van der Waals surface area contributed by atoms with Crippen molar-refractivity contribution in [1.29, 1.82) is 0 Å². The predicted octanol–water partition coefficient (Wildman–Crippen LogP) is 4.91. The van der Waals surface area contributed by atoms with Crippen LogP contribution in [0.3, 0.4) is 0 Å². The molecule has 3 rings (SSSR count). The highest BCUT2D eigenvalue weighted by atomic mass is 15.2. The van der Waals surface area contributed by atoms with Crippen molar-refractivity contribution >= 4 is 23.1 Å². The molecule has 4 heteroatoms. The summed E-state index contributed by atoms with van der Waals surface area (Å²) in [6.07, 6.45) is 0. The van der Waals surface area contributed by atoms with Crippen LogP contribution in [0.2, 0.25) is 0 Å². The van der Waals surface area contributed by atoms with Gasteiger partial charge in [-0.15, -0.1) is 0 Å². The van der Waals surface area contributed by atoms with Crippen molar-refractivity contribution in [3.8, 4) is 0 Å². The first kappa shape index (κ1) is 16.0. The van der Waals surface area contributed by atoms with E-state index in [2.05, 4.69) is 47.2 Å². The molecule has 122 valence electrons. The molecule has 0 fully saturated rings. The normalized spacial score (nSPS) is 10.5. The van der Waals surface area contributed by atoms with E-state index < -0.39 is 0 Å². The minimum Gasteiger partial charge on any atom is -0.329 e. The summed E-state index contributed by atoms with van der Waals surface area (Å²) < 4.78 is 0. The van der Waals surface area contributed by atoms with E-state index in [1.807, 2.05) is 50.4 Å². The summed E-state index contributed by atoms with van der Waals surface area (Å²) in [6.45, 7) is 6.16. The van der Waals surface area contributed by atoms with E-state index in [1.54, 1.807) is 0 Å². The van der Waals surface area contributed by atoms with E-state index in [9.17, 15) is 0 Å². The zero-order valence-electron chi connectivity index (χ0n) is 14.5. The summed E-state index contributed by atoms with van der Waals surface area (Å²) >= 11 is 0. The Morgan fingerprint density at radius 2 is 1.50 bits per heavy atom. The van der Waals surface area contributed by atoms with Crippen LogP contribution in [-0.4, -0.2) is 17.0 Å². The van der Waals surface area contributed by atoms with Gasteiger partial charge in [0, 0.05) is 30.2 Å². The molecule has 0 spiro atoms. The number of nitrogens with zero attached hydrogens (tertiary/aromatic N) is 3. The Morgan fingerprint density at radius 3 is 2.21 bits per heavy atom. The van der Waals surface area contributed by atoms with Crippen LogP contribution in [0, 0.1) is 20.8 Å². The molecule has 0 amide bonds. The minimum absolute atomic E-state index is 0.611. The Bertz CT molecular complexity index is 858. The van der Waals surface area contributed by atoms with Crippen LogP contribution in [0.25, 0.3) is 0 Å². The number of para-hydroxylation sites is 2. The number of benzene rings is 2. The van der Waals surface area contributed by atoms with E-state index in [1.165, 1.54) is 5.56 Å². The van der Waals surface area contributed by atoms with Crippen molar-refractivity contribution in [3.63, 3.8) is 0 Å². The van der Waals surface area contributed by atoms with E-state index in [0.717, 1.165) is 28.5 Å². The van der Waals surface area contributed by atoms with Crippen molar-refractivity contribution in [3.05, 3.63) is 71.4 Å². The fourth-order valence-electron chi connectivity index (χ4n) is 2.68. The van der Waals surface area contributed by atoms with Gasteiger partial charge in [0.25, 0.3) is 0 Å². The molecular formula is C20H22N4. The van der Waals surface area contributed by atoms with Gasteiger partial charge in [-0.25, -0.2) is 4.98 Å². The summed E-state index contributed by atoms with van der Waals surface area (Å²) in [5, 5.41) is 3.33. The third kappa shape index (κ3) is 3.38. The highest BCUT2D eigenvalue weighted by Gasteiger charge is 2.11. The van der Waals surface area contributed by atoms with Gasteiger partial charge in [0.05, 0.1) is 0 Å². The van der Waals surface area contributed by atoms with Crippen LogP contribution < -0.4 is 10.2 Å². The van der Waals surface area contributed by atoms with Crippen LogP contribution in [0.5, 0.6) is 0 Å². The average Bonchev–Trinajstić information content (AvgIpc) is 2.56. The standard InChI is InChI=1S/C20H22N4/c1-14-9-5-7-11-17(14)22-20-21-16(3)13-19(23-20)24(4)18-12-8-6-10-15(18)2/h5-13H,1-4H3,(H,21,22,23). The summed E-state index contributed by atoms with van der Waals surface area (Å²) in [6, 6.07) is 18.4. The number of anilines is 4. The third-order valence-corrected chi connectivity index (χ3v) is 4.05. The maximum absolute atomic E-state index is 4.69. The molecule has 0 aliphatic rings. The maximum Gasteiger partial charge on any atom is 0.229 e. The molecule has 0 saturated heterocycles. The second kappa shape index (κ2) is 6.71. The summed E-state index contributed by atoms with van der Waals surface area (Å²) in [7, 11) is 2.03. The molecule has 0 bridgehead atoms. The van der Waals surface area contributed by atoms with E-state index >= 15 is 0 Å². The molecule has 0 aliphatic carbocycles. The summed E-state index contributed by atoms with van der Waals surface area (Å²) in [4.78, 5) is 11.3. The molecular weight excluding hydrogens is 296 g/mol. The number of rotatable bonds is 4. The van der Waals surface area contributed by atoms with Gasteiger partial charge in [0.1, 0.15) is 5.82 Å². The lowest BCUT2D eigenvalue weighted by atomic mass is 10.2.